The van der Waals surface area contributed by atoms with Crippen molar-refractivity contribution in [3.05, 3.63) is 23.9 Å². The molecule has 1 fully saturated rings. The fourth-order valence-corrected chi connectivity index (χ4v) is 1.86. The SMILES string of the molecule is C=C1N=CC(N2CCCC(F)C2)=C(N)N1. The summed E-state index contributed by atoms with van der Waals surface area (Å²) in [5.41, 5.74) is 6.57. The van der Waals surface area contributed by atoms with E-state index in [-0.39, 0.29) is 0 Å². The number of aliphatic imine (C=N–C) groups is 1. The highest BCUT2D eigenvalue weighted by Gasteiger charge is 2.23. The minimum absolute atomic E-state index is 0.399. The third kappa shape index (κ3) is 2.11. The fourth-order valence-electron chi connectivity index (χ4n) is 1.86. The Morgan fingerprint density at radius 1 is 1.67 bits per heavy atom. The first-order chi connectivity index (χ1) is 7.16. The lowest BCUT2D eigenvalue weighted by Gasteiger charge is -2.33. The lowest BCUT2D eigenvalue weighted by atomic mass is 10.1. The van der Waals surface area contributed by atoms with Gasteiger partial charge in [0.15, 0.2) is 0 Å². The third-order valence-corrected chi connectivity index (χ3v) is 2.60. The molecule has 15 heavy (non-hydrogen) atoms. The Kier molecular flexibility index (Phi) is 2.62. The molecule has 1 atom stereocenters. The highest BCUT2D eigenvalue weighted by molar-refractivity contribution is 5.80. The number of hydrogen-bond donors (Lipinski definition) is 2. The van der Waals surface area contributed by atoms with E-state index in [0.717, 1.165) is 18.7 Å². The topological polar surface area (TPSA) is 53.6 Å². The van der Waals surface area contributed by atoms with Crippen molar-refractivity contribution >= 4 is 6.21 Å². The first kappa shape index (κ1) is 10.0. The van der Waals surface area contributed by atoms with E-state index in [1.165, 1.54) is 0 Å². The van der Waals surface area contributed by atoms with Gasteiger partial charge in [0, 0.05) is 13.1 Å². The van der Waals surface area contributed by atoms with E-state index in [9.17, 15) is 4.39 Å². The normalized spacial score (nSPS) is 26.9. The van der Waals surface area contributed by atoms with Crippen LogP contribution in [0.4, 0.5) is 4.39 Å². The Balaban J connectivity index is 2.13. The van der Waals surface area contributed by atoms with Gasteiger partial charge in [0.05, 0.1) is 11.9 Å². The van der Waals surface area contributed by atoms with Gasteiger partial charge in [0.2, 0.25) is 0 Å². The maximum absolute atomic E-state index is 13.2. The van der Waals surface area contributed by atoms with Crippen LogP contribution in [0.25, 0.3) is 0 Å². The Hall–Kier alpha value is -1.52. The van der Waals surface area contributed by atoms with Crippen molar-refractivity contribution in [1.29, 1.82) is 0 Å². The summed E-state index contributed by atoms with van der Waals surface area (Å²) < 4.78 is 13.2. The average molecular weight is 210 g/mol. The summed E-state index contributed by atoms with van der Waals surface area (Å²) in [6, 6.07) is 0. The van der Waals surface area contributed by atoms with Gasteiger partial charge in [-0.2, -0.15) is 0 Å². The van der Waals surface area contributed by atoms with Crippen molar-refractivity contribution in [2.45, 2.75) is 19.0 Å². The summed E-state index contributed by atoms with van der Waals surface area (Å²) in [6.07, 6.45) is 2.37. The molecule has 4 nitrogen and oxygen atoms in total. The van der Waals surface area contributed by atoms with Crippen molar-refractivity contribution in [2.24, 2.45) is 10.7 Å². The first-order valence-corrected chi connectivity index (χ1v) is 5.05. The highest BCUT2D eigenvalue weighted by atomic mass is 19.1. The van der Waals surface area contributed by atoms with Crippen molar-refractivity contribution in [3.8, 4) is 0 Å². The lowest BCUT2D eigenvalue weighted by Crippen LogP contribution is -2.40. The summed E-state index contributed by atoms with van der Waals surface area (Å²) in [7, 11) is 0. The van der Waals surface area contributed by atoms with Crippen molar-refractivity contribution in [2.75, 3.05) is 13.1 Å². The zero-order valence-corrected chi connectivity index (χ0v) is 8.54. The van der Waals surface area contributed by atoms with E-state index in [1.54, 1.807) is 6.21 Å². The highest BCUT2D eigenvalue weighted by Crippen LogP contribution is 2.18. The molecule has 1 unspecified atom stereocenters. The molecular weight excluding hydrogens is 195 g/mol. The Bertz CT molecular complexity index is 334. The van der Waals surface area contributed by atoms with Crippen LogP contribution < -0.4 is 11.1 Å². The quantitative estimate of drug-likeness (QED) is 0.669. The predicted molar refractivity (Wildman–Crippen MR) is 57.7 cm³/mol. The molecule has 0 aliphatic carbocycles. The number of rotatable bonds is 1. The summed E-state index contributed by atoms with van der Waals surface area (Å²) in [5.74, 6) is 1.02. The number of nitrogens with zero attached hydrogens (tertiary/aromatic N) is 2. The number of piperidine rings is 1. The van der Waals surface area contributed by atoms with Gasteiger partial charge in [-0.3, -0.25) is 0 Å². The van der Waals surface area contributed by atoms with Crippen LogP contribution in [-0.2, 0) is 0 Å². The van der Waals surface area contributed by atoms with Gasteiger partial charge < -0.3 is 16.0 Å². The van der Waals surface area contributed by atoms with Gasteiger partial charge >= 0.3 is 0 Å². The van der Waals surface area contributed by atoms with Crippen LogP contribution >= 0.6 is 0 Å². The zero-order valence-electron chi connectivity index (χ0n) is 8.54. The van der Waals surface area contributed by atoms with Crippen LogP contribution in [0.2, 0.25) is 0 Å². The summed E-state index contributed by atoms with van der Waals surface area (Å²) >= 11 is 0. The lowest BCUT2D eigenvalue weighted by molar-refractivity contribution is 0.173. The molecule has 0 aromatic carbocycles. The van der Waals surface area contributed by atoms with E-state index in [4.69, 9.17) is 5.73 Å². The standard InChI is InChI=1S/C10H15FN4/c1-7-13-5-9(10(12)14-7)15-4-2-3-8(11)6-15/h5,8,14H,1-4,6,12H2. The number of alkyl halides is 1. The minimum atomic E-state index is -0.766. The predicted octanol–water partition coefficient (Wildman–Crippen LogP) is 0.693. The van der Waals surface area contributed by atoms with E-state index in [0.29, 0.717) is 24.6 Å². The number of hydrogen-bond acceptors (Lipinski definition) is 4. The molecule has 0 bridgehead atoms. The van der Waals surface area contributed by atoms with Crippen molar-refractivity contribution < 1.29 is 4.39 Å². The molecule has 2 heterocycles. The number of nitrogens with two attached hydrogens (primary N) is 1. The Morgan fingerprint density at radius 2 is 2.47 bits per heavy atom. The molecule has 0 aromatic heterocycles. The minimum Gasteiger partial charge on any atom is -0.383 e. The number of allylic oxidation sites excluding steroid dienone is 1. The number of nitrogens with one attached hydrogen (secondary N) is 1. The molecule has 0 spiro atoms. The van der Waals surface area contributed by atoms with E-state index in [2.05, 4.69) is 16.9 Å². The van der Waals surface area contributed by atoms with Crippen molar-refractivity contribution in [1.82, 2.24) is 10.2 Å². The smallest absolute Gasteiger partial charge is 0.127 e. The van der Waals surface area contributed by atoms with Gasteiger partial charge in [-0.25, -0.2) is 9.38 Å². The molecule has 0 radical (unpaired) electrons. The van der Waals surface area contributed by atoms with Gasteiger partial charge in [-0.05, 0) is 12.8 Å². The van der Waals surface area contributed by atoms with Crippen LogP contribution in [-0.4, -0.2) is 30.4 Å². The maximum Gasteiger partial charge on any atom is 0.127 e. The molecule has 82 valence electrons. The van der Waals surface area contributed by atoms with Gasteiger partial charge in [-0.1, -0.05) is 6.58 Å². The molecule has 3 N–H and O–H groups in total. The molecule has 2 aliphatic rings. The first-order valence-electron chi connectivity index (χ1n) is 5.05. The van der Waals surface area contributed by atoms with E-state index < -0.39 is 6.17 Å². The molecule has 5 heteroatoms. The average Bonchev–Trinajstić information content (AvgIpc) is 2.17. The van der Waals surface area contributed by atoms with E-state index in [1.807, 2.05) is 4.90 Å². The number of halogens is 1. The summed E-state index contributed by atoms with van der Waals surface area (Å²) in [5, 5.41) is 2.84. The molecule has 0 aromatic rings. The second kappa shape index (κ2) is 3.92. The van der Waals surface area contributed by atoms with Gasteiger partial charge in [0.1, 0.15) is 17.8 Å². The number of likely N-dealkylation sites (tertiary alicyclic amines) is 1. The van der Waals surface area contributed by atoms with Gasteiger partial charge in [-0.15, -0.1) is 0 Å². The van der Waals surface area contributed by atoms with Gasteiger partial charge in [0.25, 0.3) is 0 Å². The molecular formula is C10H15FN4. The van der Waals surface area contributed by atoms with Crippen LogP contribution in [0.3, 0.4) is 0 Å². The van der Waals surface area contributed by atoms with Crippen LogP contribution in [0.5, 0.6) is 0 Å². The second-order valence-corrected chi connectivity index (χ2v) is 3.81. The summed E-state index contributed by atoms with van der Waals surface area (Å²) in [6.45, 7) is 4.87. The second-order valence-electron chi connectivity index (χ2n) is 3.81. The molecule has 0 saturated carbocycles. The Morgan fingerprint density at radius 3 is 3.13 bits per heavy atom. The van der Waals surface area contributed by atoms with Crippen molar-refractivity contribution in [3.63, 3.8) is 0 Å². The fraction of sp³-hybridized carbons (Fsp3) is 0.500. The third-order valence-electron chi connectivity index (χ3n) is 2.60. The molecule has 2 aliphatic heterocycles. The zero-order chi connectivity index (χ0) is 10.8. The van der Waals surface area contributed by atoms with Crippen LogP contribution in [0.1, 0.15) is 12.8 Å². The largest absolute Gasteiger partial charge is 0.383 e. The molecule has 0 amide bonds. The summed E-state index contributed by atoms with van der Waals surface area (Å²) in [4.78, 5) is 5.95. The molecule has 2 rings (SSSR count). The van der Waals surface area contributed by atoms with Crippen LogP contribution in [0.15, 0.2) is 28.9 Å². The monoisotopic (exact) mass is 210 g/mol. The van der Waals surface area contributed by atoms with E-state index >= 15 is 0 Å². The Labute approximate surface area is 88.3 Å². The molecule has 1 saturated heterocycles. The maximum atomic E-state index is 13.2. The van der Waals surface area contributed by atoms with Crippen LogP contribution in [0, 0.1) is 0 Å².